The summed E-state index contributed by atoms with van der Waals surface area (Å²) in [4.78, 5) is 32.0. The lowest BCUT2D eigenvalue weighted by Gasteiger charge is -2.24. The first-order valence-corrected chi connectivity index (χ1v) is 11.0. The molecular weight excluding hydrogens is 402 g/mol. The Hall–Kier alpha value is -2.87. The van der Waals surface area contributed by atoms with Gasteiger partial charge in [-0.25, -0.2) is 4.98 Å². The number of aryl methyl sites for hydroxylation is 1. The van der Waals surface area contributed by atoms with E-state index >= 15 is 0 Å². The first-order valence-electron chi connectivity index (χ1n) is 10.0. The van der Waals surface area contributed by atoms with Crippen molar-refractivity contribution in [3.63, 3.8) is 0 Å². The van der Waals surface area contributed by atoms with Gasteiger partial charge in [0.25, 0.3) is 5.56 Å². The van der Waals surface area contributed by atoms with Gasteiger partial charge in [0.1, 0.15) is 0 Å². The van der Waals surface area contributed by atoms with Crippen LogP contribution in [-0.4, -0.2) is 41.1 Å². The minimum atomic E-state index is -0.147. The molecule has 0 saturated carbocycles. The monoisotopic (exact) mass is 427 g/mol. The Balaban J connectivity index is 1.44. The second kappa shape index (κ2) is 8.87. The van der Waals surface area contributed by atoms with Crippen molar-refractivity contribution in [1.82, 2.24) is 14.5 Å². The molecule has 7 nitrogen and oxygen atoms in total. The number of ether oxygens (including phenoxy) is 2. The van der Waals surface area contributed by atoms with Crippen molar-refractivity contribution in [2.75, 3.05) is 20.8 Å². The van der Waals surface area contributed by atoms with E-state index in [4.69, 9.17) is 9.47 Å². The van der Waals surface area contributed by atoms with Crippen molar-refractivity contribution in [3.8, 4) is 11.5 Å². The molecule has 3 heterocycles. The highest BCUT2D eigenvalue weighted by atomic mass is 32.1. The highest BCUT2D eigenvalue weighted by molar-refractivity contribution is 7.08. The van der Waals surface area contributed by atoms with Gasteiger partial charge in [-0.05, 0) is 47.7 Å². The summed E-state index contributed by atoms with van der Waals surface area (Å²) in [6.07, 6.45) is 4.58. The molecule has 0 bridgehead atoms. The summed E-state index contributed by atoms with van der Waals surface area (Å²) in [6, 6.07) is 5.64. The van der Waals surface area contributed by atoms with Gasteiger partial charge in [0.15, 0.2) is 11.5 Å². The fourth-order valence-corrected chi connectivity index (χ4v) is 4.77. The predicted molar refractivity (Wildman–Crippen MR) is 116 cm³/mol. The first kappa shape index (κ1) is 20.4. The molecule has 1 atom stereocenters. The molecule has 1 aliphatic rings. The van der Waals surface area contributed by atoms with Gasteiger partial charge >= 0.3 is 0 Å². The van der Waals surface area contributed by atoms with Crippen LogP contribution in [0.3, 0.4) is 0 Å². The van der Waals surface area contributed by atoms with Gasteiger partial charge in [-0.15, -0.1) is 0 Å². The molecule has 3 aromatic rings. The summed E-state index contributed by atoms with van der Waals surface area (Å²) in [6.45, 7) is 1.25. The average Bonchev–Trinajstić information content (AvgIpc) is 3.46. The maximum Gasteiger partial charge on any atom is 0.261 e. The number of methoxy groups -OCH3 is 2. The standard InChI is InChI=1S/C22H25N3O4S/c1-28-19-11-16-17(12-20(19)29-2)23-14-24(22(16)27)8-4-6-21(26)25-9-3-5-18(25)15-7-10-30-13-15/h7,10-14,18H,3-6,8-9H2,1-2H3. The SMILES string of the molecule is COc1cc2ncn(CCCC(=O)N3CCCC3c3ccsc3)c(=O)c2cc1OC. The number of hydrogen-bond acceptors (Lipinski definition) is 6. The molecule has 1 amide bonds. The Morgan fingerprint density at radius 3 is 2.80 bits per heavy atom. The Bertz CT molecular complexity index is 1090. The summed E-state index contributed by atoms with van der Waals surface area (Å²) < 4.78 is 12.1. The molecule has 0 N–H and O–H groups in total. The van der Waals surface area contributed by atoms with Crippen LogP contribution < -0.4 is 15.0 Å². The van der Waals surface area contributed by atoms with E-state index in [0.717, 1.165) is 19.4 Å². The van der Waals surface area contributed by atoms with Crippen LogP contribution in [0.4, 0.5) is 0 Å². The van der Waals surface area contributed by atoms with E-state index in [2.05, 4.69) is 21.8 Å². The molecular formula is C22H25N3O4S. The van der Waals surface area contributed by atoms with Gasteiger partial charge in [0.2, 0.25) is 5.91 Å². The lowest BCUT2D eigenvalue weighted by atomic mass is 10.1. The second-order valence-electron chi connectivity index (χ2n) is 7.37. The Morgan fingerprint density at radius 2 is 2.07 bits per heavy atom. The Labute approximate surface area is 178 Å². The van der Waals surface area contributed by atoms with Crippen LogP contribution in [0.15, 0.2) is 40.1 Å². The number of rotatable bonds is 7. The third-order valence-electron chi connectivity index (χ3n) is 5.62. The van der Waals surface area contributed by atoms with Crippen molar-refractivity contribution < 1.29 is 14.3 Å². The maximum absolute atomic E-state index is 12.9. The molecule has 0 spiro atoms. The van der Waals surface area contributed by atoms with Gasteiger partial charge in [-0.2, -0.15) is 11.3 Å². The third kappa shape index (κ3) is 3.92. The molecule has 0 radical (unpaired) electrons. The molecule has 8 heteroatoms. The summed E-state index contributed by atoms with van der Waals surface area (Å²) in [5.41, 5.74) is 1.64. The number of amides is 1. The number of thiophene rings is 1. The lowest BCUT2D eigenvalue weighted by molar-refractivity contribution is -0.132. The number of carbonyl (C=O) groups is 1. The normalized spacial score (nSPS) is 16.2. The number of fused-ring (bicyclic) bond motifs is 1. The minimum absolute atomic E-state index is 0.147. The molecule has 1 aromatic carbocycles. The zero-order chi connectivity index (χ0) is 21.1. The summed E-state index contributed by atoms with van der Waals surface area (Å²) >= 11 is 1.66. The molecule has 1 unspecified atom stereocenters. The van der Waals surface area contributed by atoms with Crippen molar-refractivity contribution in [3.05, 3.63) is 51.2 Å². The van der Waals surface area contributed by atoms with E-state index in [9.17, 15) is 9.59 Å². The van der Waals surface area contributed by atoms with Crippen LogP contribution in [0.25, 0.3) is 10.9 Å². The van der Waals surface area contributed by atoms with E-state index in [-0.39, 0.29) is 17.5 Å². The molecule has 1 fully saturated rings. The minimum Gasteiger partial charge on any atom is -0.493 e. The van der Waals surface area contributed by atoms with Crippen LogP contribution in [0.2, 0.25) is 0 Å². The third-order valence-corrected chi connectivity index (χ3v) is 6.32. The number of nitrogens with zero attached hydrogens (tertiary/aromatic N) is 3. The zero-order valence-corrected chi connectivity index (χ0v) is 18.0. The number of carbonyl (C=O) groups excluding carboxylic acids is 1. The maximum atomic E-state index is 12.9. The van der Waals surface area contributed by atoms with E-state index in [1.165, 1.54) is 19.0 Å². The highest BCUT2D eigenvalue weighted by Gasteiger charge is 2.29. The van der Waals surface area contributed by atoms with E-state index < -0.39 is 0 Å². The second-order valence-corrected chi connectivity index (χ2v) is 8.15. The van der Waals surface area contributed by atoms with Crippen LogP contribution in [0, 0.1) is 0 Å². The topological polar surface area (TPSA) is 73.7 Å². The summed E-state index contributed by atoms with van der Waals surface area (Å²) in [5.74, 6) is 1.17. The van der Waals surface area contributed by atoms with Crippen LogP contribution in [-0.2, 0) is 11.3 Å². The fourth-order valence-electron chi connectivity index (χ4n) is 4.07. The van der Waals surface area contributed by atoms with Gasteiger partial charge < -0.3 is 14.4 Å². The molecule has 30 heavy (non-hydrogen) atoms. The number of benzene rings is 1. The molecule has 0 aliphatic carbocycles. The van der Waals surface area contributed by atoms with E-state index in [1.807, 2.05) is 4.90 Å². The van der Waals surface area contributed by atoms with Gasteiger partial charge in [0, 0.05) is 25.6 Å². The number of likely N-dealkylation sites (tertiary alicyclic amines) is 1. The smallest absolute Gasteiger partial charge is 0.261 e. The van der Waals surface area contributed by atoms with Crippen LogP contribution >= 0.6 is 11.3 Å². The van der Waals surface area contributed by atoms with Crippen molar-refractivity contribution in [2.45, 2.75) is 38.3 Å². The van der Waals surface area contributed by atoms with E-state index in [1.54, 1.807) is 35.1 Å². The predicted octanol–water partition coefficient (Wildman–Crippen LogP) is 3.62. The number of aromatic nitrogens is 2. The van der Waals surface area contributed by atoms with Crippen LogP contribution in [0.5, 0.6) is 11.5 Å². The first-order chi connectivity index (χ1) is 14.6. The van der Waals surface area contributed by atoms with E-state index in [0.29, 0.717) is 41.8 Å². The van der Waals surface area contributed by atoms with Crippen molar-refractivity contribution in [1.29, 1.82) is 0 Å². The molecule has 2 aromatic heterocycles. The summed E-state index contributed by atoms with van der Waals surface area (Å²) in [7, 11) is 3.08. The highest BCUT2D eigenvalue weighted by Crippen LogP contribution is 2.33. The Morgan fingerprint density at radius 1 is 1.27 bits per heavy atom. The molecule has 4 rings (SSSR count). The Kier molecular flexibility index (Phi) is 6.03. The van der Waals surface area contributed by atoms with Gasteiger partial charge in [-0.3, -0.25) is 14.2 Å². The molecule has 158 valence electrons. The zero-order valence-electron chi connectivity index (χ0n) is 17.2. The molecule has 1 aliphatic heterocycles. The number of hydrogen-bond donors (Lipinski definition) is 0. The molecule has 1 saturated heterocycles. The van der Waals surface area contributed by atoms with Crippen molar-refractivity contribution in [2.24, 2.45) is 0 Å². The van der Waals surface area contributed by atoms with Gasteiger partial charge in [0.05, 0.1) is 37.5 Å². The summed E-state index contributed by atoms with van der Waals surface area (Å²) in [5, 5.41) is 4.65. The average molecular weight is 428 g/mol. The van der Waals surface area contributed by atoms with Gasteiger partial charge in [-0.1, -0.05) is 0 Å². The lowest BCUT2D eigenvalue weighted by Crippen LogP contribution is -2.30. The fraction of sp³-hybridized carbons (Fsp3) is 0.409. The largest absolute Gasteiger partial charge is 0.493 e. The quantitative estimate of drug-likeness (QED) is 0.576. The van der Waals surface area contributed by atoms with Crippen molar-refractivity contribution >= 4 is 28.1 Å². The van der Waals surface area contributed by atoms with Crippen LogP contribution in [0.1, 0.15) is 37.3 Å².